The summed E-state index contributed by atoms with van der Waals surface area (Å²) in [7, 11) is 0. The molecule has 2 fully saturated rings. The number of nitrogens with one attached hydrogen (secondary N) is 1. The monoisotopic (exact) mass is 405 g/mol. The lowest BCUT2D eigenvalue weighted by Crippen LogP contribution is -2.28. The molecule has 0 unspecified atom stereocenters. The summed E-state index contributed by atoms with van der Waals surface area (Å²) in [4.78, 5) is 19.3. The number of hydrogen-bond donors (Lipinski definition) is 1. The van der Waals surface area contributed by atoms with Gasteiger partial charge >= 0.3 is 0 Å². The maximum atomic E-state index is 12.2. The van der Waals surface area contributed by atoms with E-state index in [1.165, 1.54) is 69.2 Å². The molecule has 1 amide bonds. The molecule has 0 atom stereocenters. The van der Waals surface area contributed by atoms with Gasteiger partial charge in [0, 0.05) is 30.5 Å². The molecule has 4 heteroatoms. The summed E-state index contributed by atoms with van der Waals surface area (Å²) in [6, 6.07) is 12.9. The van der Waals surface area contributed by atoms with Crippen molar-refractivity contribution in [2.45, 2.75) is 64.3 Å². The second-order valence-corrected chi connectivity index (χ2v) is 9.04. The van der Waals surface area contributed by atoms with Gasteiger partial charge in [0.05, 0.1) is 6.42 Å². The highest BCUT2D eigenvalue weighted by Crippen LogP contribution is 2.27. The maximum Gasteiger partial charge on any atom is 0.226 e. The molecule has 1 saturated heterocycles. The molecular weight excluding hydrogens is 370 g/mol. The summed E-state index contributed by atoms with van der Waals surface area (Å²) in [5.41, 5.74) is 4.49. The molecule has 2 aliphatic rings. The van der Waals surface area contributed by atoms with Gasteiger partial charge in [-0.3, -0.25) is 14.7 Å². The van der Waals surface area contributed by atoms with Crippen LogP contribution in [0.1, 0.15) is 62.6 Å². The Labute approximate surface area is 181 Å². The highest BCUT2D eigenvalue weighted by molar-refractivity contribution is 5.78. The number of hydrogen-bond acceptors (Lipinski definition) is 3. The lowest BCUT2D eigenvalue weighted by Gasteiger charge is -2.26. The Hall–Kier alpha value is -2.20. The van der Waals surface area contributed by atoms with Crippen LogP contribution in [-0.2, 0) is 17.8 Å². The molecule has 0 spiro atoms. The van der Waals surface area contributed by atoms with Gasteiger partial charge in [-0.1, -0.05) is 62.4 Å². The van der Waals surface area contributed by atoms with Crippen LogP contribution in [0.5, 0.6) is 0 Å². The van der Waals surface area contributed by atoms with E-state index in [-0.39, 0.29) is 5.91 Å². The zero-order valence-corrected chi connectivity index (χ0v) is 18.1. The van der Waals surface area contributed by atoms with Crippen molar-refractivity contribution in [2.24, 2.45) is 5.92 Å². The fourth-order valence-electron chi connectivity index (χ4n) is 4.82. The maximum absolute atomic E-state index is 12.2. The van der Waals surface area contributed by atoms with Crippen LogP contribution in [0.4, 0.5) is 0 Å². The first-order valence-corrected chi connectivity index (χ1v) is 11.8. The Bertz CT molecular complexity index is 788. The number of pyridine rings is 1. The van der Waals surface area contributed by atoms with Crippen LogP contribution < -0.4 is 5.32 Å². The lowest BCUT2D eigenvalue weighted by molar-refractivity contribution is -0.120. The predicted molar refractivity (Wildman–Crippen MR) is 122 cm³/mol. The zero-order chi connectivity index (χ0) is 20.6. The molecule has 0 bridgehead atoms. The van der Waals surface area contributed by atoms with Crippen molar-refractivity contribution in [1.82, 2.24) is 15.2 Å². The topological polar surface area (TPSA) is 45.2 Å². The highest BCUT2D eigenvalue weighted by atomic mass is 16.1. The molecule has 1 aliphatic heterocycles. The largest absolute Gasteiger partial charge is 0.356 e. The van der Waals surface area contributed by atoms with Crippen molar-refractivity contribution in [3.8, 4) is 11.1 Å². The van der Waals surface area contributed by atoms with E-state index >= 15 is 0 Å². The molecule has 30 heavy (non-hydrogen) atoms. The predicted octanol–water partition coefficient (Wildman–Crippen LogP) is 4.97. The second-order valence-electron chi connectivity index (χ2n) is 9.04. The van der Waals surface area contributed by atoms with Gasteiger partial charge in [0.1, 0.15) is 0 Å². The van der Waals surface area contributed by atoms with Gasteiger partial charge in [0.25, 0.3) is 0 Å². The summed E-state index contributed by atoms with van der Waals surface area (Å²) >= 11 is 0. The van der Waals surface area contributed by atoms with Crippen LogP contribution in [0.3, 0.4) is 0 Å². The Morgan fingerprint density at radius 3 is 2.37 bits per heavy atom. The van der Waals surface area contributed by atoms with Gasteiger partial charge in [-0.25, -0.2) is 0 Å². The minimum Gasteiger partial charge on any atom is -0.356 e. The Morgan fingerprint density at radius 1 is 0.933 bits per heavy atom. The van der Waals surface area contributed by atoms with Crippen molar-refractivity contribution in [3.05, 3.63) is 53.9 Å². The van der Waals surface area contributed by atoms with Crippen molar-refractivity contribution in [2.75, 3.05) is 19.6 Å². The Kier molecular flexibility index (Phi) is 7.52. The number of aromatic nitrogens is 1. The molecule has 1 aromatic heterocycles. The third kappa shape index (κ3) is 6.15. The van der Waals surface area contributed by atoms with E-state index in [0.29, 0.717) is 6.42 Å². The van der Waals surface area contributed by atoms with E-state index in [1.807, 2.05) is 12.3 Å². The first-order valence-electron chi connectivity index (χ1n) is 11.8. The summed E-state index contributed by atoms with van der Waals surface area (Å²) in [5.74, 6) is 0.893. The van der Waals surface area contributed by atoms with Crippen LogP contribution in [-0.4, -0.2) is 35.4 Å². The smallest absolute Gasteiger partial charge is 0.226 e. The van der Waals surface area contributed by atoms with Crippen LogP contribution >= 0.6 is 0 Å². The highest BCUT2D eigenvalue weighted by Gasteiger charge is 2.15. The van der Waals surface area contributed by atoms with E-state index in [0.717, 1.165) is 36.7 Å². The summed E-state index contributed by atoms with van der Waals surface area (Å²) in [5, 5.41) is 3.06. The van der Waals surface area contributed by atoms with Crippen molar-refractivity contribution in [1.29, 1.82) is 0 Å². The molecule has 4 nitrogen and oxygen atoms in total. The average Bonchev–Trinajstić information content (AvgIpc) is 3.29. The third-order valence-electron chi connectivity index (χ3n) is 6.66. The van der Waals surface area contributed by atoms with Gasteiger partial charge in [-0.15, -0.1) is 0 Å². The molecule has 2 heterocycles. The lowest BCUT2D eigenvalue weighted by atomic mass is 10.0. The van der Waals surface area contributed by atoms with Gasteiger partial charge in [-0.05, 0) is 55.5 Å². The zero-order valence-electron chi connectivity index (χ0n) is 18.1. The standard InChI is InChI=1S/C26H35N3O/c30-26(27-15-14-21-6-2-3-7-21)18-25-13-12-24(19-28-25)23-10-8-22(9-11-23)20-29-16-4-1-5-17-29/h8-13,19,21H,1-7,14-18,20H2,(H,27,30). The molecule has 1 aromatic carbocycles. The molecule has 4 rings (SSSR count). The summed E-state index contributed by atoms with van der Waals surface area (Å²) < 4.78 is 0. The van der Waals surface area contributed by atoms with E-state index in [9.17, 15) is 4.79 Å². The van der Waals surface area contributed by atoms with Crippen LogP contribution in [0.15, 0.2) is 42.6 Å². The first-order chi connectivity index (χ1) is 14.8. The van der Waals surface area contributed by atoms with Crippen LogP contribution in [0, 0.1) is 5.92 Å². The van der Waals surface area contributed by atoms with Crippen LogP contribution in [0.25, 0.3) is 11.1 Å². The number of nitrogens with zero attached hydrogens (tertiary/aromatic N) is 2. The van der Waals surface area contributed by atoms with Gasteiger partial charge in [0.15, 0.2) is 0 Å². The fourth-order valence-corrected chi connectivity index (χ4v) is 4.82. The van der Waals surface area contributed by atoms with E-state index in [1.54, 1.807) is 0 Å². The van der Waals surface area contributed by atoms with E-state index in [4.69, 9.17) is 0 Å². The Morgan fingerprint density at radius 2 is 1.67 bits per heavy atom. The molecule has 0 radical (unpaired) electrons. The normalized spacial score (nSPS) is 17.9. The fraction of sp³-hybridized carbons (Fsp3) is 0.538. The minimum absolute atomic E-state index is 0.0790. The summed E-state index contributed by atoms with van der Waals surface area (Å²) in [6.45, 7) is 4.29. The summed E-state index contributed by atoms with van der Waals surface area (Å²) in [6.07, 6.45) is 12.8. The third-order valence-corrected chi connectivity index (χ3v) is 6.66. The first kappa shape index (κ1) is 21.0. The molecule has 2 aromatic rings. The average molecular weight is 406 g/mol. The minimum atomic E-state index is 0.0790. The number of likely N-dealkylation sites (tertiary alicyclic amines) is 1. The number of amides is 1. The second kappa shape index (κ2) is 10.7. The quantitative estimate of drug-likeness (QED) is 0.674. The van der Waals surface area contributed by atoms with Crippen molar-refractivity contribution in [3.63, 3.8) is 0 Å². The van der Waals surface area contributed by atoms with Gasteiger partial charge < -0.3 is 5.32 Å². The molecule has 160 valence electrons. The van der Waals surface area contributed by atoms with Gasteiger partial charge in [0.2, 0.25) is 5.91 Å². The molecule has 1 N–H and O–H groups in total. The SMILES string of the molecule is O=C(Cc1ccc(-c2ccc(CN3CCCCC3)cc2)cn1)NCCC1CCCC1. The van der Waals surface area contributed by atoms with Gasteiger partial charge in [-0.2, -0.15) is 0 Å². The molecule has 1 aliphatic carbocycles. The Balaban J connectivity index is 1.24. The van der Waals surface area contributed by atoms with E-state index in [2.05, 4.69) is 45.5 Å². The number of carbonyl (C=O) groups excluding carboxylic acids is 1. The number of rotatable bonds is 8. The van der Waals surface area contributed by atoms with Crippen molar-refractivity contribution < 1.29 is 4.79 Å². The van der Waals surface area contributed by atoms with Crippen molar-refractivity contribution >= 4 is 5.91 Å². The number of carbonyl (C=O) groups is 1. The molecule has 1 saturated carbocycles. The number of piperidine rings is 1. The number of benzene rings is 1. The molecular formula is C26H35N3O. The van der Waals surface area contributed by atoms with Crippen LogP contribution in [0.2, 0.25) is 0 Å². The van der Waals surface area contributed by atoms with E-state index < -0.39 is 0 Å².